The number of H-pyrrole nitrogens is 1. The molecule has 2 heterocycles. The van der Waals surface area contributed by atoms with Crippen molar-refractivity contribution in [1.29, 1.82) is 0 Å². The van der Waals surface area contributed by atoms with Crippen LogP contribution in [0.2, 0.25) is 0 Å². The first kappa shape index (κ1) is 14.3. The highest BCUT2D eigenvalue weighted by Crippen LogP contribution is 2.28. The molecule has 2 aromatic rings. The Labute approximate surface area is 132 Å². The molecule has 1 aliphatic heterocycles. The van der Waals surface area contributed by atoms with Crippen molar-refractivity contribution >= 4 is 21.8 Å². The van der Waals surface area contributed by atoms with E-state index in [0.29, 0.717) is 5.92 Å². The molecule has 1 aliphatic rings. The number of aromatic nitrogens is 2. The fourth-order valence-electron chi connectivity index (χ4n) is 2.89. The SMILES string of the molecule is Cc1cccc(C(=O)N2CCCC(c3ccn[nH]3)C2)c1Br. The topological polar surface area (TPSA) is 49.0 Å². The Hall–Kier alpha value is -1.62. The van der Waals surface area contributed by atoms with Gasteiger partial charge in [0.25, 0.3) is 5.91 Å². The van der Waals surface area contributed by atoms with Gasteiger partial charge in [-0.25, -0.2) is 0 Å². The van der Waals surface area contributed by atoms with Gasteiger partial charge in [-0.05, 0) is 53.4 Å². The standard InChI is InChI=1S/C16H18BrN3O/c1-11-4-2-6-13(15(11)17)16(21)20-9-3-5-12(10-20)14-7-8-18-19-14/h2,4,6-8,12H,3,5,9-10H2,1H3,(H,18,19). The lowest BCUT2D eigenvalue weighted by molar-refractivity contribution is 0.0705. The number of piperidine rings is 1. The Balaban J connectivity index is 1.80. The van der Waals surface area contributed by atoms with Crippen molar-refractivity contribution in [3.8, 4) is 0 Å². The van der Waals surface area contributed by atoms with Crippen LogP contribution in [-0.2, 0) is 0 Å². The second-order valence-electron chi connectivity index (χ2n) is 5.54. The zero-order valence-corrected chi connectivity index (χ0v) is 13.6. The summed E-state index contributed by atoms with van der Waals surface area (Å²) in [5.74, 6) is 0.462. The molecule has 1 saturated heterocycles. The molecule has 0 aliphatic carbocycles. The first-order chi connectivity index (χ1) is 10.2. The van der Waals surface area contributed by atoms with E-state index in [1.807, 2.05) is 36.1 Å². The molecular formula is C16H18BrN3O. The van der Waals surface area contributed by atoms with Crippen LogP contribution in [0.15, 0.2) is 34.9 Å². The van der Waals surface area contributed by atoms with Crippen LogP contribution >= 0.6 is 15.9 Å². The maximum atomic E-state index is 12.8. The smallest absolute Gasteiger partial charge is 0.255 e. The molecule has 1 atom stereocenters. The highest BCUT2D eigenvalue weighted by Gasteiger charge is 2.27. The number of benzene rings is 1. The number of nitrogens with zero attached hydrogens (tertiary/aromatic N) is 2. The van der Waals surface area contributed by atoms with Crippen LogP contribution in [0, 0.1) is 6.92 Å². The predicted octanol–water partition coefficient (Wildman–Crippen LogP) is 3.50. The van der Waals surface area contributed by atoms with Gasteiger partial charge >= 0.3 is 0 Å². The molecule has 1 N–H and O–H groups in total. The van der Waals surface area contributed by atoms with Gasteiger partial charge in [0.1, 0.15) is 0 Å². The molecule has 110 valence electrons. The van der Waals surface area contributed by atoms with Gasteiger partial charge in [0.2, 0.25) is 0 Å². The monoisotopic (exact) mass is 347 g/mol. The highest BCUT2D eigenvalue weighted by molar-refractivity contribution is 9.10. The number of likely N-dealkylation sites (tertiary alicyclic amines) is 1. The van der Waals surface area contributed by atoms with Gasteiger partial charge in [0.05, 0.1) is 5.56 Å². The Kier molecular flexibility index (Phi) is 4.10. The summed E-state index contributed by atoms with van der Waals surface area (Å²) in [6.07, 6.45) is 3.90. The number of halogens is 1. The summed E-state index contributed by atoms with van der Waals surface area (Å²) in [6.45, 7) is 3.58. The number of aryl methyl sites for hydroxylation is 1. The number of amides is 1. The number of hydrogen-bond donors (Lipinski definition) is 1. The molecule has 5 heteroatoms. The lowest BCUT2D eigenvalue weighted by Gasteiger charge is -2.32. The first-order valence-corrected chi connectivity index (χ1v) is 8.00. The molecule has 0 radical (unpaired) electrons. The minimum atomic E-state index is 0.106. The Morgan fingerprint density at radius 3 is 3.05 bits per heavy atom. The van der Waals surface area contributed by atoms with Gasteiger partial charge in [-0.2, -0.15) is 5.10 Å². The Morgan fingerprint density at radius 1 is 1.43 bits per heavy atom. The molecule has 1 amide bonds. The average Bonchev–Trinajstić information content (AvgIpc) is 3.04. The number of rotatable bonds is 2. The minimum Gasteiger partial charge on any atom is -0.338 e. The van der Waals surface area contributed by atoms with E-state index < -0.39 is 0 Å². The van der Waals surface area contributed by atoms with Crippen LogP contribution < -0.4 is 0 Å². The summed E-state index contributed by atoms with van der Waals surface area (Å²) in [5, 5.41) is 7.04. The predicted molar refractivity (Wildman–Crippen MR) is 85.3 cm³/mol. The van der Waals surface area contributed by atoms with Gasteiger partial charge in [0.15, 0.2) is 0 Å². The molecule has 0 bridgehead atoms. The molecule has 4 nitrogen and oxygen atoms in total. The van der Waals surface area contributed by atoms with E-state index in [2.05, 4.69) is 26.1 Å². The van der Waals surface area contributed by atoms with Gasteiger partial charge in [0, 0.05) is 35.4 Å². The van der Waals surface area contributed by atoms with Crippen LogP contribution in [0.1, 0.15) is 40.4 Å². The lowest BCUT2D eigenvalue weighted by atomic mass is 9.94. The van der Waals surface area contributed by atoms with Crippen LogP contribution in [0.5, 0.6) is 0 Å². The van der Waals surface area contributed by atoms with E-state index in [1.54, 1.807) is 6.20 Å². The molecule has 1 aromatic carbocycles. The number of aromatic amines is 1. The Bertz CT molecular complexity index is 639. The second-order valence-corrected chi connectivity index (χ2v) is 6.33. The van der Waals surface area contributed by atoms with E-state index in [1.165, 1.54) is 0 Å². The molecule has 0 saturated carbocycles. The third-order valence-electron chi connectivity index (χ3n) is 4.09. The quantitative estimate of drug-likeness (QED) is 0.903. The molecule has 1 fully saturated rings. The van der Waals surface area contributed by atoms with Gasteiger partial charge < -0.3 is 4.90 Å². The van der Waals surface area contributed by atoms with E-state index in [9.17, 15) is 4.79 Å². The van der Waals surface area contributed by atoms with Crippen molar-refractivity contribution in [3.63, 3.8) is 0 Å². The third-order valence-corrected chi connectivity index (χ3v) is 5.15. The number of hydrogen-bond acceptors (Lipinski definition) is 2. The maximum Gasteiger partial charge on any atom is 0.255 e. The highest BCUT2D eigenvalue weighted by atomic mass is 79.9. The third kappa shape index (κ3) is 2.88. The first-order valence-electron chi connectivity index (χ1n) is 7.20. The van der Waals surface area contributed by atoms with Crippen LogP contribution in [0.25, 0.3) is 0 Å². The van der Waals surface area contributed by atoms with Crippen molar-refractivity contribution < 1.29 is 4.79 Å². The molecule has 1 unspecified atom stereocenters. The number of nitrogens with one attached hydrogen (secondary N) is 1. The van der Waals surface area contributed by atoms with Crippen molar-refractivity contribution in [2.75, 3.05) is 13.1 Å². The van der Waals surface area contributed by atoms with E-state index in [0.717, 1.165) is 47.2 Å². The summed E-state index contributed by atoms with van der Waals surface area (Å²) in [5.41, 5.74) is 2.96. The van der Waals surface area contributed by atoms with Crippen molar-refractivity contribution in [2.24, 2.45) is 0 Å². The van der Waals surface area contributed by atoms with Crippen LogP contribution in [-0.4, -0.2) is 34.1 Å². The summed E-state index contributed by atoms with van der Waals surface area (Å²) in [4.78, 5) is 14.7. The number of carbonyl (C=O) groups excluding carboxylic acids is 1. The summed E-state index contributed by atoms with van der Waals surface area (Å²) >= 11 is 3.54. The lowest BCUT2D eigenvalue weighted by Crippen LogP contribution is -2.39. The van der Waals surface area contributed by atoms with Crippen molar-refractivity contribution in [3.05, 3.63) is 51.8 Å². The Morgan fingerprint density at radius 2 is 2.29 bits per heavy atom. The van der Waals surface area contributed by atoms with Gasteiger partial charge in [-0.1, -0.05) is 12.1 Å². The van der Waals surface area contributed by atoms with E-state index in [4.69, 9.17) is 0 Å². The summed E-state index contributed by atoms with van der Waals surface area (Å²) in [7, 11) is 0. The molecule has 1 aromatic heterocycles. The molecular weight excluding hydrogens is 330 g/mol. The molecule has 3 rings (SSSR count). The fourth-order valence-corrected chi connectivity index (χ4v) is 3.33. The number of carbonyl (C=O) groups is 1. The zero-order chi connectivity index (χ0) is 14.8. The van der Waals surface area contributed by atoms with Crippen LogP contribution in [0.3, 0.4) is 0 Å². The van der Waals surface area contributed by atoms with E-state index in [-0.39, 0.29) is 5.91 Å². The zero-order valence-electron chi connectivity index (χ0n) is 12.0. The van der Waals surface area contributed by atoms with Crippen molar-refractivity contribution in [1.82, 2.24) is 15.1 Å². The summed E-state index contributed by atoms with van der Waals surface area (Å²) < 4.78 is 0.902. The maximum absolute atomic E-state index is 12.8. The largest absolute Gasteiger partial charge is 0.338 e. The average molecular weight is 348 g/mol. The molecule has 0 spiro atoms. The van der Waals surface area contributed by atoms with Gasteiger partial charge in [-0.3, -0.25) is 9.89 Å². The molecule has 21 heavy (non-hydrogen) atoms. The minimum absolute atomic E-state index is 0.106. The summed E-state index contributed by atoms with van der Waals surface area (Å²) in [6, 6.07) is 7.83. The normalized spacial score (nSPS) is 18.8. The van der Waals surface area contributed by atoms with Crippen LogP contribution in [0.4, 0.5) is 0 Å². The second kappa shape index (κ2) is 6.02. The van der Waals surface area contributed by atoms with E-state index >= 15 is 0 Å². The fraction of sp³-hybridized carbons (Fsp3) is 0.375. The van der Waals surface area contributed by atoms with Gasteiger partial charge in [-0.15, -0.1) is 0 Å². The van der Waals surface area contributed by atoms with Crippen molar-refractivity contribution in [2.45, 2.75) is 25.7 Å².